The van der Waals surface area contributed by atoms with E-state index in [0.29, 0.717) is 6.04 Å². The third-order valence-corrected chi connectivity index (χ3v) is 6.92. The van der Waals surface area contributed by atoms with Gasteiger partial charge in [-0.1, -0.05) is 42.3 Å². The van der Waals surface area contributed by atoms with Crippen LogP contribution in [0.4, 0.5) is 5.13 Å². The number of nitrogens with two attached hydrogens (primary N) is 1. The molecule has 0 saturated heterocycles. The second-order valence-corrected chi connectivity index (χ2v) is 10.3. The highest BCUT2D eigenvalue weighted by molar-refractivity contribution is 7.15. The van der Waals surface area contributed by atoms with E-state index >= 15 is 0 Å². The number of aliphatic carboxylic acids is 2. The van der Waals surface area contributed by atoms with E-state index in [2.05, 4.69) is 17.2 Å². The summed E-state index contributed by atoms with van der Waals surface area (Å²) in [7, 11) is 0. The Hall–Kier alpha value is -3.63. The van der Waals surface area contributed by atoms with Crippen LogP contribution in [0.5, 0.6) is 11.5 Å². The zero-order valence-electron chi connectivity index (χ0n) is 21.8. The molecule has 0 amide bonds. The van der Waals surface area contributed by atoms with Crippen molar-refractivity contribution < 1.29 is 29.3 Å². The normalized spacial score (nSPS) is 15.8. The van der Waals surface area contributed by atoms with Crippen LogP contribution < -0.4 is 20.5 Å². The molecule has 10 heteroatoms. The summed E-state index contributed by atoms with van der Waals surface area (Å²) in [5, 5.41) is 23.0. The van der Waals surface area contributed by atoms with Crippen molar-refractivity contribution >= 4 is 28.4 Å². The molecule has 0 fully saturated rings. The Morgan fingerprint density at radius 3 is 1.95 bits per heavy atom. The molecule has 4 rings (SSSR count). The summed E-state index contributed by atoms with van der Waals surface area (Å²) in [6.07, 6.45) is 1.23. The van der Waals surface area contributed by atoms with Gasteiger partial charge in [-0.2, -0.15) is 0 Å². The van der Waals surface area contributed by atoms with Gasteiger partial charge in [0.1, 0.15) is 11.5 Å². The van der Waals surface area contributed by atoms with Gasteiger partial charge in [0, 0.05) is 10.9 Å². The molecule has 3 atom stereocenters. The lowest BCUT2D eigenvalue weighted by molar-refractivity contribution is -0.161. The molecular weight excluding hydrogens is 506 g/mol. The average Bonchev–Trinajstić information content (AvgIpc) is 3.26. The van der Waals surface area contributed by atoms with E-state index in [-0.39, 0.29) is 11.5 Å². The first-order valence-corrected chi connectivity index (χ1v) is 13.4. The van der Waals surface area contributed by atoms with Crippen molar-refractivity contribution in [1.82, 2.24) is 10.3 Å². The van der Waals surface area contributed by atoms with Gasteiger partial charge in [-0.3, -0.25) is 0 Å². The zero-order valence-corrected chi connectivity index (χ0v) is 22.7. The quantitative estimate of drug-likeness (QED) is 0.296. The Kier molecular flexibility index (Phi) is 10.5. The van der Waals surface area contributed by atoms with Gasteiger partial charge in [-0.25, -0.2) is 14.6 Å². The minimum atomic E-state index is -1.69. The standard InChI is InChI=1S/C18H18O6.C10H17N3S/c1-11-3-7-13(8-4-11)23-15(17(19)20)16(18(21)22)24-14-9-5-12(2)6-10-14;1-2-5-12-7-3-4-8-9(6-7)14-10(11)13-8/h3-10,15-16H,1-2H3,(H,19,20)(H,21,22);7,12H,2-6H2,1H3,(H2,11,13)/t15-,16-;7-/m01/s1. The summed E-state index contributed by atoms with van der Waals surface area (Å²) >= 11 is 1.65. The number of thiazole rings is 1. The van der Waals surface area contributed by atoms with Crippen LogP contribution in [0, 0.1) is 13.8 Å². The van der Waals surface area contributed by atoms with Crippen molar-refractivity contribution in [3.63, 3.8) is 0 Å². The first-order chi connectivity index (χ1) is 18.2. The largest absolute Gasteiger partial charge is 0.478 e. The average molecular weight is 542 g/mol. The van der Waals surface area contributed by atoms with Crippen LogP contribution in [0.1, 0.15) is 41.5 Å². The Morgan fingerprint density at radius 1 is 1.00 bits per heavy atom. The van der Waals surface area contributed by atoms with Crippen molar-refractivity contribution in [2.24, 2.45) is 0 Å². The number of carboxylic acids is 2. The van der Waals surface area contributed by atoms with Crippen LogP contribution in [0.25, 0.3) is 0 Å². The summed E-state index contributed by atoms with van der Waals surface area (Å²) in [4.78, 5) is 28.7. The lowest BCUT2D eigenvalue weighted by atomic mass is 9.98. The number of aromatic nitrogens is 1. The maximum absolute atomic E-state index is 11.5. The second-order valence-electron chi connectivity index (χ2n) is 9.20. The van der Waals surface area contributed by atoms with Gasteiger partial charge in [0.2, 0.25) is 12.2 Å². The highest BCUT2D eigenvalue weighted by Crippen LogP contribution is 2.28. The number of nitrogens with zero attached hydrogens (tertiary/aromatic N) is 1. The third-order valence-electron chi connectivity index (χ3n) is 5.97. The minimum absolute atomic E-state index is 0.256. The van der Waals surface area contributed by atoms with Crippen LogP contribution in [-0.2, 0) is 22.4 Å². The highest BCUT2D eigenvalue weighted by Gasteiger charge is 2.38. The van der Waals surface area contributed by atoms with E-state index < -0.39 is 24.1 Å². The fourth-order valence-electron chi connectivity index (χ4n) is 3.93. The van der Waals surface area contributed by atoms with E-state index in [4.69, 9.17) is 15.2 Å². The number of carbonyl (C=O) groups is 2. The highest BCUT2D eigenvalue weighted by atomic mass is 32.1. The molecule has 1 aromatic heterocycles. The Morgan fingerprint density at radius 2 is 1.50 bits per heavy atom. The van der Waals surface area contributed by atoms with Crippen molar-refractivity contribution in [3.05, 3.63) is 70.2 Å². The van der Waals surface area contributed by atoms with Crippen LogP contribution in [0.15, 0.2) is 48.5 Å². The molecule has 0 unspecified atom stereocenters. The maximum atomic E-state index is 11.5. The molecule has 2 aromatic carbocycles. The molecule has 38 heavy (non-hydrogen) atoms. The predicted octanol–water partition coefficient (Wildman–Crippen LogP) is 4.25. The van der Waals surface area contributed by atoms with Crippen LogP contribution >= 0.6 is 11.3 Å². The van der Waals surface area contributed by atoms with Gasteiger partial charge < -0.3 is 30.7 Å². The smallest absolute Gasteiger partial charge is 0.349 e. The molecule has 1 aliphatic rings. The van der Waals surface area contributed by atoms with Gasteiger partial charge in [-0.05, 0) is 70.3 Å². The minimum Gasteiger partial charge on any atom is -0.478 e. The van der Waals surface area contributed by atoms with Crippen molar-refractivity contribution in [2.45, 2.75) is 64.7 Å². The number of aryl methyl sites for hydroxylation is 3. The van der Waals surface area contributed by atoms with E-state index in [1.165, 1.54) is 23.4 Å². The lowest BCUT2D eigenvalue weighted by Gasteiger charge is -2.22. The summed E-state index contributed by atoms with van der Waals surface area (Å²) < 4.78 is 10.7. The van der Waals surface area contributed by atoms with Crippen LogP contribution in [-0.4, -0.2) is 51.9 Å². The van der Waals surface area contributed by atoms with Crippen LogP contribution in [0.3, 0.4) is 0 Å². The lowest BCUT2D eigenvalue weighted by Crippen LogP contribution is -2.47. The van der Waals surface area contributed by atoms with Crippen molar-refractivity contribution in [3.8, 4) is 11.5 Å². The van der Waals surface area contributed by atoms with Crippen LogP contribution in [0.2, 0.25) is 0 Å². The molecule has 0 spiro atoms. The Bertz CT molecular complexity index is 1130. The number of benzene rings is 2. The zero-order chi connectivity index (χ0) is 27.7. The summed E-state index contributed by atoms with van der Waals surface area (Å²) in [5.41, 5.74) is 8.87. The number of ether oxygens (including phenoxy) is 2. The number of nitrogen functional groups attached to an aromatic ring is 1. The number of rotatable bonds is 10. The number of hydrogen-bond acceptors (Lipinski definition) is 8. The number of fused-ring (bicyclic) bond motifs is 1. The molecular formula is C28H35N3O6S. The molecule has 0 aliphatic heterocycles. The molecule has 0 saturated carbocycles. The monoisotopic (exact) mass is 541 g/mol. The van der Waals surface area contributed by atoms with E-state index in [0.717, 1.165) is 35.6 Å². The fourth-order valence-corrected chi connectivity index (χ4v) is 4.89. The maximum Gasteiger partial charge on any atom is 0.349 e. The molecule has 1 heterocycles. The number of hydrogen-bond donors (Lipinski definition) is 4. The van der Waals surface area contributed by atoms with E-state index in [1.807, 2.05) is 13.8 Å². The summed E-state index contributed by atoms with van der Waals surface area (Å²) in [6, 6.07) is 13.9. The van der Waals surface area contributed by atoms with Gasteiger partial charge in [0.25, 0.3) is 0 Å². The molecule has 5 N–H and O–H groups in total. The number of nitrogens with one attached hydrogen (secondary N) is 1. The van der Waals surface area contributed by atoms with Crippen molar-refractivity contribution in [1.29, 1.82) is 0 Å². The van der Waals surface area contributed by atoms with Gasteiger partial charge in [-0.15, -0.1) is 11.3 Å². The molecule has 9 nitrogen and oxygen atoms in total. The van der Waals surface area contributed by atoms with E-state index in [1.54, 1.807) is 59.9 Å². The van der Waals surface area contributed by atoms with Gasteiger partial charge >= 0.3 is 11.9 Å². The molecule has 0 bridgehead atoms. The topological polar surface area (TPSA) is 144 Å². The first kappa shape index (κ1) is 28.9. The molecule has 204 valence electrons. The number of anilines is 1. The fraction of sp³-hybridized carbons (Fsp3) is 0.393. The predicted molar refractivity (Wildman–Crippen MR) is 147 cm³/mol. The van der Waals surface area contributed by atoms with Gasteiger partial charge in [0.05, 0.1) is 5.69 Å². The van der Waals surface area contributed by atoms with E-state index in [9.17, 15) is 19.8 Å². The first-order valence-electron chi connectivity index (χ1n) is 12.6. The SMILES string of the molecule is CCCN[C@@H]1CCc2nc(N)sc2C1.Cc1ccc(O[C@H](C(=O)O)[C@H](Oc2ccc(C)cc2)C(=O)O)cc1. The molecule has 0 radical (unpaired) electrons. The molecule has 1 aliphatic carbocycles. The third kappa shape index (κ3) is 8.46. The molecule has 3 aromatic rings. The van der Waals surface area contributed by atoms with Crippen molar-refractivity contribution in [2.75, 3.05) is 12.3 Å². The van der Waals surface area contributed by atoms with Gasteiger partial charge in [0.15, 0.2) is 5.13 Å². The Labute approximate surface area is 226 Å². The summed E-state index contributed by atoms with van der Waals surface area (Å²) in [5.74, 6) is -2.33. The Balaban J connectivity index is 0.000000241. The number of carboxylic acid groups (broad SMARTS) is 2. The summed E-state index contributed by atoms with van der Waals surface area (Å²) in [6.45, 7) is 7.07. The second kappa shape index (κ2) is 13.8.